The van der Waals surface area contributed by atoms with Crippen LogP contribution in [-0.2, 0) is 19.6 Å². The van der Waals surface area contributed by atoms with Gasteiger partial charge in [0.25, 0.3) is 0 Å². The number of hydrogen-bond acceptors (Lipinski definition) is 4. The highest BCUT2D eigenvalue weighted by atomic mass is 35.5. The van der Waals surface area contributed by atoms with Crippen LogP contribution in [0.15, 0.2) is 29.2 Å². The molecule has 0 radical (unpaired) electrons. The molecule has 2 rings (SSSR count). The monoisotopic (exact) mass is 360 g/mol. The van der Waals surface area contributed by atoms with Gasteiger partial charge in [-0.1, -0.05) is 11.6 Å². The van der Waals surface area contributed by atoms with Crippen LogP contribution in [0.1, 0.15) is 13.8 Å². The van der Waals surface area contributed by atoms with Gasteiger partial charge in [-0.15, -0.1) is 0 Å². The molecule has 0 saturated carbocycles. The number of carbonyl (C=O) groups excluding carboxylic acids is 1. The van der Waals surface area contributed by atoms with Gasteiger partial charge in [0, 0.05) is 18.6 Å². The number of morpholine rings is 1. The Hall–Kier alpha value is -1.15. The molecule has 1 aliphatic heterocycles. The van der Waals surface area contributed by atoms with Gasteiger partial charge in [0.05, 0.1) is 30.2 Å². The lowest BCUT2D eigenvalue weighted by Crippen LogP contribution is -2.53. The third kappa shape index (κ3) is 4.23. The van der Waals surface area contributed by atoms with E-state index in [0.717, 1.165) is 4.31 Å². The molecular weight excluding hydrogens is 340 g/mol. The van der Waals surface area contributed by atoms with Crippen molar-refractivity contribution in [2.45, 2.75) is 30.9 Å². The maximum Gasteiger partial charge on any atom is 0.243 e. The van der Waals surface area contributed by atoms with E-state index < -0.39 is 10.0 Å². The highest BCUT2D eigenvalue weighted by Crippen LogP contribution is 2.18. The van der Waals surface area contributed by atoms with E-state index in [1.165, 1.54) is 31.3 Å². The zero-order valence-electron chi connectivity index (χ0n) is 13.4. The van der Waals surface area contributed by atoms with Crippen LogP contribution in [0.5, 0.6) is 0 Å². The number of rotatable bonds is 4. The minimum absolute atomic E-state index is 0.0478. The summed E-state index contributed by atoms with van der Waals surface area (Å²) in [6.07, 6.45) is -0.0478. The van der Waals surface area contributed by atoms with Crippen molar-refractivity contribution in [2.24, 2.45) is 0 Å². The first-order valence-corrected chi connectivity index (χ1v) is 9.16. The van der Waals surface area contributed by atoms with Gasteiger partial charge in [-0.2, -0.15) is 4.31 Å². The zero-order chi connectivity index (χ0) is 17.2. The smallest absolute Gasteiger partial charge is 0.243 e. The van der Waals surface area contributed by atoms with Crippen molar-refractivity contribution < 1.29 is 17.9 Å². The third-order valence-corrected chi connectivity index (χ3v) is 5.88. The molecule has 1 fully saturated rings. The second kappa shape index (κ2) is 7.17. The fourth-order valence-corrected chi connectivity index (χ4v) is 3.65. The molecule has 1 saturated heterocycles. The lowest BCUT2D eigenvalue weighted by atomic mass is 10.2. The third-order valence-electron chi connectivity index (χ3n) is 3.81. The summed E-state index contributed by atoms with van der Waals surface area (Å²) >= 11 is 5.78. The summed E-state index contributed by atoms with van der Waals surface area (Å²) in [6, 6.07) is 5.81. The first-order valence-electron chi connectivity index (χ1n) is 7.35. The molecule has 128 valence electrons. The molecule has 0 aromatic heterocycles. The van der Waals surface area contributed by atoms with Gasteiger partial charge in [0.15, 0.2) is 0 Å². The summed E-state index contributed by atoms with van der Waals surface area (Å²) in [5.74, 6) is -0.229. The van der Waals surface area contributed by atoms with Crippen LogP contribution in [-0.4, -0.2) is 62.4 Å². The van der Waals surface area contributed by atoms with E-state index in [1.807, 2.05) is 13.8 Å². The lowest BCUT2D eigenvalue weighted by Gasteiger charge is -2.37. The van der Waals surface area contributed by atoms with Crippen molar-refractivity contribution in [3.8, 4) is 0 Å². The Morgan fingerprint density at radius 2 is 1.96 bits per heavy atom. The van der Waals surface area contributed by atoms with Crippen molar-refractivity contribution in [3.05, 3.63) is 29.3 Å². The van der Waals surface area contributed by atoms with Crippen LogP contribution in [0, 0.1) is 0 Å². The number of halogens is 1. The fourth-order valence-electron chi connectivity index (χ4n) is 2.40. The van der Waals surface area contributed by atoms with Crippen LogP contribution in [0.2, 0.25) is 5.02 Å². The molecule has 1 amide bonds. The Morgan fingerprint density at radius 1 is 1.35 bits per heavy atom. The number of ether oxygens (including phenoxy) is 1. The molecular formula is C15H21ClN2O4S. The van der Waals surface area contributed by atoms with Gasteiger partial charge in [-0.05, 0) is 38.1 Å². The molecule has 0 spiro atoms. The number of carbonyl (C=O) groups is 1. The van der Waals surface area contributed by atoms with E-state index in [-0.39, 0.29) is 29.5 Å². The van der Waals surface area contributed by atoms with E-state index in [9.17, 15) is 13.2 Å². The first kappa shape index (κ1) is 18.2. The molecule has 1 aromatic carbocycles. The number of hydrogen-bond donors (Lipinski definition) is 0. The summed E-state index contributed by atoms with van der Waals surface area (Å²) in [5, 5.41) is 0.457. The van der Waals surface area contributed by atoms with Crippen LogP contribution < -0.4 is 0 Å². The standard InChI is InChI=1S/C15H21ClN2O4S/c1-11-10-22-12(2)8-18(11)15(19)9-17(3)23(20,21)14-6-4-13(16)5-7-14/h4-7,11-12H,8-10H2,1-3H3. The maximum atomic E-state index is 12.5. The summed E-state index contributed by atoms with van der Waals surface area (Å²) < 4.78 is 31.5. The van der Waals surface area contributed by atoms with Gasteiger partial charge >= 0.3 is 0 Å². The highest BCUT2D eigenvalue weighted by Gasteiger charge is 2.30. The van der Waals surface area contributed by atoms with Crippen molar-refractivity contribution in [2.75, 3.05) is 26.7 Å². The number of benzene rings is 1. The fraction of sp³-hybridized carbons (Fsp3) is 0.533. The largest absolute Gasteiger partial charge is 0.375 e. The Bertz CT molecular complexity index is 663. The topological polar surface area (TPSA) is 66.9 Å². The van der Waals surface area contributed by atoms with Crippen molar-refractivity contribution in [1.82, 2.24) is 9.21 Å². The van der Waals surface area contributed by atoms with Crippen LogP contribution in [0.25, 0.3) is 0 Å². The minimum Gasteiger partial charge on any atom is -0.375 e. The molecule has 23 heavy (non-hydrogen) atoms. The SMILES string of the molecule is CC1CN(C(=O)CN(C)S(=O)(=O)c2ccc(Cl)cc2)C(C)CO1. The maximum absolute atomic E-state index is 12.5. The minimum atomic E-state index is -3.72. The first-order chi connectivity index (χ1) is 10.7. The van der Waals surface area contributed by atoms with Gasteiger partial charge in [-0.3, -0.25) is 4.79 Å². The van der Waals surface area contributed by atoms with E-state index in [1.54, 1.807) is 4.90 Å². The van der Waals surface area contributed by atoms with Crippen molar-refractivity contribution in [3.63, 3.8) is 0 Å². The van der Waals surface area contributed by atoms with Crippen LogP contribution in [0.4, 0.5) is 0 Å². The average Bonchev–Trinajstić information content (AvgIpc) is 2.50. The Balaban J connectivity index is 2.09. The summed E-state index contributed by atoms with van der Waals surface area (Å²) in [7, 11) is -2.33. The Labute approximate surface area is 142 Å². The van der Waals surface area contributed by atoms with E-state index in [2.05, 4.69) is 0 Å². The highest BCUT2D eigenvalue weighted by molar-refractivity contribution is 7.89. The molecule has 2 atom stereocenters. The predicted molar refractivity (Wildman–Crippen MR) is 87.9 cm³/mol. The van der Waals surface area contributed by atoms with E-state index >= 15 is 0 Å². The quantitative estimate of drug-likeness (QED) is 0.818. The van der Waals surface area contributed by atoms with Gasteiger partial charge in [0.1, 0.15) is 0 Å². The summed E-state index contributed by atoms with van der Waals surface area (Å²) in [4.78, 5) is 14.2. The molecule has 1 aromatic rings. The molecule has 8 heteroatoms. The van der Waals surface area contributed by atoms with E-state index in [0.29, 0.717) is 18.2 Å². The van der Waals surface area contributed by atoms with Crippen molar-refractivity contribution >= 4 is 27.5 Å². The predicted octanol–water partition coefficient (Wildman–Crippen LogP) is 1.60. The molecule has 0 aliphatic carbocycles. The lowest BCUT2D eigenvalue weighted by molar-refractivity contribution is -0.143. The molecule has 0 bridgehead atoms. The summed E-state index contributed by atoms with van der Waals surface area (Å²) in [6.45, 7) is 4.50. The van der Waals surface area contributed by atoms with Gasteiger partial charge in [0.2, 0.25) is 15.9 Å². The molecule has 1 aliphatic rings. The molecule has 1 heterocycles. The van der Waals surface area contributed by atoms with Gasteiger partial charge < -0.3 is 9.64 Å². The molecule has 2 unspecified atom stereocenters. The van der Waals surface area contributed by atoms with Crippen LogP contribution >= 0.6 is 11.6 Å². The Morgan fingerprint density at radius 3 is 2.57 bits per heavy atom. The summed E-state index contributed by atoms with van der Waals surface area (Å²) in [5.41, 5.74) is 0. The second-order valence-corrected chi connectivity index (χ2v) is 8.24. The zero-order valence-corrected chi connectivity index (χ0v) is 15.0. The number of sulfonamides is 1. The van der Waals surface area contributed by atoms with E-state index in [4.69, 9.17) is 16.3 Å². The van der Waals surface area contributed by atoms with Gasteiger partial charge in [-0.25, -0.2) is 8.42 Å². The molecule has 6 nitrogen and oxygen atoms in total. The second-order valence-electron chi connectivity index (χ2n) is 5.75. The molecule has 0 N–H and O–H groups in total. The Kier molecular flexibility index (Phi) is 5.67. The average molecular weight is 361 g/mol. The number of likely N-dealkylation sites (N-methyl/N-ethyl adjacent to an activating group) is 1. The number of nitrogens with zero attached hydrogens (tertiary/aromatic N) is 2. The number of amides is 1. The normalized spacial score (nSPS) is 22.4. The van der Waals surface area contributed by atoms with Crippen molar-refractivity contribution in [1.29, 1.82) is 0 Å². The van der Waals surface area contributed by atoms with Crippen LogP contribution in [0.3, 0.4) is 0 Å².